The average Bonchev–Trinajstić information content (AvgIpc) is 2.69. The summed E-state index contributed by atoms with van der Waals surface area (Å²) in [5, 5.41) is 0. The lowest BCUT2D eigenvalue weighted by atomic mass is 9.97. The van der Waals surface area contributed by atoms with Gasteiger partial charge < -0.3 is 9.32 Å². The van der Waals surface area contributed by atoms with Gasteiger partial charge in [-0.2, -0.15) is 0 Å². The number of hydrogen-bond donors (Lipinski definition) is 0. The van der Waals surface area contributed by atoms with Crippen LogP contribution >= 0.6 is 0 Å². The van der Waals surface area contributed by atoms with E-state index in [0.717, 1.165) is 12.8 Å². The van der Waals surface area contributed by atoms with E-state index in [2.05, 4.69) is 13.8 Å². The highest BCUT2D eigenvalue weighted by atomic mass is 16.3. The first-order valence-electron chi connectivity index (χ1n) is 5.56. The molecule has 2 heterocycles. The third-order valence-electron chi connectivity index (χ3n) is 3.16. The van der Waals surface area contributed by atoms with Crippen molar-refractivity contribution < 1.29 is 9.21 Å². The molecule has 0 spiro atoms. The maximum Gasteiger partial charge on any atom is 0.290 e. The van der Waals surface area contributed by atoms with Crippen molar-refractivity contribution in [3.63, 3.8) is 0 Å². The number of carbonyl (C=O) groups excluding carboxylic acids is 1. The van der Waals surface area contributed by atoms with Crippen LogP contribution in [0, 0.1) is 0 Å². The highest BCUT2D eigenvalue weighted by molar-refractivity contribution is 5.91. The first-order valence-corrected chi connectivity index (χ1v) is 5.56. The van der Waals surface area contributed by atoms with Crippen molar-refractivity contribution in [3.05, 3.63) is 24.2 Å². The molecular weight excluding hydrogens is 190 g/mol. The summed E-state index contributed by atoms with van der Waals surface area (Å²) in [4.78, 5) is 14.1. The maximum atomic E-state index is 12.1. The molecular formula is C12H17NO2. The van der Waals surface area contributed by atoms with Crippen LogP contribution in [0.4, 0.5) is 0 Å². The van der Waals surface area contributed by atoms with Gasteiger partial charge in [-0.25, -0.2) is 0 Å². The molecule has 0 bridgehead atoms. The van der Waals surface area contributed by atoms with Gasteiger partial charge in [-0.15, -0.1) is 0 Å². The predicted molar refractivity (Wildman–Crippen MR) is 57.7 cm³/mol. The second kappa shape index (κ2) is 4.09. The van der Waals surface area contributed by atoms with E-state index in [1.54, 1.807) is 18.4 Å². The molecule has 2 atom stereocenters. The van der Waals surface area contributed by atoms with Crippen LogP contribution in [-0.4, -0.2) is 22.9 Å². The van der Waals surface area contributed by atoms with Crippen molar-refractivity contribution in [2.24, 2.45) is 0 Å². The lowest BCUT2D eigenvalue weighted by molar-refractivity contribution is 0.0478. The van der Waals surface area contributed by atoms with Gasteiger partial charge >= 0.3 is 0 Å². The summed E-state index contributed by atoms with van der Waals surface area (Å²) >= 11 is 0. The number of amides is 1. The summed E-state index contributed by atoms with van der Waals surface area (Å²) in [7, 11) is 0. The van der Waals surface area contributed by atoms with Crippen molar-refractivity contribution in [2.75, 3.05) is 0 Å². The fourth-order valence-electron chi connectivity index (χ4n) is 2.35. The van der Waals surface area contributed by atoms with E-state index in [0.29, 0.717) is 17.8 Å². The van der Waals surface area contributed by atoms with Gasteiger partial charge in [-0.05, 0) is 45.2 Å². The fraction of sp³-hybridized carbons (Fsp3) is 0.583. The molecule has 1 fully saturated rings. The minimum atomic E-state index is 0.0275. The fourth-order valence-corrected chi connectivity index (χ4v) is 2.35. The normalized spacial score (nSPS) is 26.7. The Balaban J connectivity index is 2.17. The van der Waals surface area contributed by atoms with Crippen LogP contribution < -0.4 is 0 Å². The lowest BCUT2D eigenvalue weighted by Crippen LogP contribution is -2.47. The van der Waals surface area contributed by atoms with Gasteiger partial charge in [0, 0.05) is 12.1 Å². The summed E-state index contributed by atoms with van der Waals surface area (Å²) in [6.45, 7) is 4.22. The van der Waals surface area contributed by atoms with Crippen LogP contribution in [0.2, 0.25) is 0 Å². The molecule has 3 heteroatoms. The Morgan fingerprint density at radius 2 is 2.07 bits per heavy atom. The van der Waals surface area contributed by atoms with E-state index in [1.807, 2.05) is 4.90 Å². The Kier molecular flexibility index (Phi) is 2.80. The van der Waals surface area contributed by atoms with Crippen LogP contribution in [0.15, 0.2) is 22.8 Å². The monoisotopic (exact) mass is 207 g/mol. The second-order valence-corrected chi connectivity index (χ2v) is 4.32. The van der Waals surface area contributed by atoms with Gasteiger partial charge in [0.15, 0.2) is 5.76 Å². The Bertz CT molecular complexity index is 321. The lowest BCUT2D eigenvalue weighted by Gasteiger charge is -2.38. The van der Waals surface area contributed by atoms with E-state index < -0.39 is 0 Å². The molecule has 0 aliphatic carbocycles. The van der Waals surface area contributed by atoms with Crippen LogP contribution in [-0.2, 0) is 0 Å². The molecule has 1 aliphatic rings. The SMILES string of the molecule is CC1CCCC(C)N1C(=O)c1ccco1. The van der Waals surface area contributed by atoms with Gasteiger partial charge in [-0.1, -0.05) is 0 Å². The number of nitrogens with zero attached hydrogens (tertiary/aromatic N) is 1. The third kappa shape index (κ3) is 1.91. The number of likely N-dealkylation sites (tertiary alicyclic amines) is 1. The Hall–Kier alpha value is -1.25. The van der Waals surface area contributed by atoms with Crippen molar-refractivity contribution >= 4 is 5.91 Å². The van der Waals surface area contributed by atoms with Gasteiger partial charge in [-0.3, -0.25) is 4.79 Å². The van der Waals surface area contributed by atoms with E-state index >= 15 is 0 Å². The van der Waals surface area contributed by atoms with E-state index in [-0.39, 0.29) is 5.91 Å². The molecule has 1 saturated heterocycles. The second-order valence-electron chi connectivity index (χ2n) is 4.32. The van der Waals surface area contributed by atoms with E-state index in [1.165, 1.54) is 6.42 Å². The minimum Gasteiger partial charge on any atom is -0.459 e. The zero-order valence-electron chi connectivity index (χ0n) is 9.27. The van der Waals surface area contributed by atoms with Crippen LogP contribution in [0.1, 0.15) is 43.7 Å². The quantitative estimate of drug-likeness (QED) is 0.709. The zero-order valence-corrected chi connectivity index (χ0v) is 9.27. The summed E-state index contributed by atoms with van der Waals surface area (Å²) in [6, 6.07) is 4.14. The molecule has 0 radical (unpaired) electrons. The molecule has 3 nitrogen and oxygen atoms in total. The van der Waals surface area contributed by atoms with Crippen molar-refractivity contribution in [1.29, 1.82) is 0 Å². The summed E-state index contributed by atoms with van der Waals surface area (Å²) in [5.74, 6) is 0.482. The van der Waals surface area contributed by atoms with E-state index in [4.69, 9.17) is 4.42 Å². The highest BCUT2D eigenvalue weighted by Gasteiger charge is 2.30. The van der Waals surface area contributed by atoms with Crippen molar-refractivity contribution in [3.8, 4) is 0 Å². The predicted octanol–water partition coefficient (Wildman–Crippen LogP) is 2.68. The first-order chi connectivity index (χ1) is 7.20. The third-order valence-corrected chi connectivity index (χ3v) is 3.16. The largest absolute Gasteiger partial charge is 0.459 e. The molecule has 1 aromatic rings. The molecule has 1 amide bonds. The van der Waals surface area contributed by atoms with Crippen molar-refractivity contribution in [2.45, 2.75) is 45.2 Å². The van der Waals surface area contributed by atoms with Crippen molar-refractivity contribution in [1.82, 2.24) is 4.90 Å². The summed E-state index contributed by atoms with van der Waals surface area (Å²) in [5.41, 5.74) is 0. The molecule has 0 saturated carbocycles. The number of furan rings is 1. The summed E-state index contributed by atoms with van der Waals surface area (Å²) < 4.78 is 5.15. The molecule has 0 N–H and O–H groups in total. The van der Waals surface area contributed by atoms with Gasteiger partial charge in [0.2, 0.25) is 0 Å². The smallest absolute Gasteiger partial charge is 0.290 e. The Morgan fingerprint density at radius 3 is 2.60 bits per heavy atom. The Labute approximate surface area is 90.1 Å². The minimum absolute atomic E-state index is 0.0275. The topological polar surface area (TPSA) is 33.5 Å². The highest BCUT2D eigenvalue weighted by Crippen LogP contribution is 2.24. The maximum absolute atomic E-state index is 12.1. The Morgan fingerprint density at radius 1 is 1.40 bits per heavy atom. The number of carbonyl (C=O) groups is 1. The molecule has 1 aromatic heterocycles. The van der Waals surface area contributed by atoms with Crippen LogP contribution in [0.25, 0.3) is 0 Å². The van der Waals surface area contributed by atoms with Gasteiger partial charge in [0.1, 0.15) is 0 Å². The number of rotatable bonds is 1. The van der Waals surface area contributed by atoms with Crippen LogP contribution in [0.5, 0.6) is 0 Å². The van der Waals surface area contributed by atoms with Gasteiger partial charge in [0.05, 0.1) is 6.26 Å². The van der Waals surface area contributed by atoms with Gasteiger partial charge in [0.25, 0.3) is 5.91 Å². The average molecular weight is 207 g/mol. The molecule has 15 heavy (non-hydrogen) atoms. The number of piperidine rings is 1. The number of hydrogen-bond acceptors (Lipinski definition) is 2. The molecule has 2 unspecified atom stereocenters. The molecule has 0 aromatic carbocycles. The first kappa shape index (κ1) is 10.3. The molecule has 1 aliphatic heterocycles. The standard InChI is InChI=1S/C12H17NO2/c1-9-5-3-6-10(2)13(9)12(14)11-7-4-8-15-11/h4,7-10H,3,5-6H2,1-2H3. The van der Waals surface area contributed by atoms with E-state index in [9.17, 15) is 4.79 Å². The zero-order chi connectivity index (χ0) is 10.8. The summed E-state index contributed by atoms with van der Waals surface area (Å²) in [6.07, 6.45) is 4.95. The van der Waals surface area contributed by atoms with Crippen LogP contribution in [0.3, 0.4) is 0 Å². The molecule has 82 valence electrons. The molecule has 2 rings (SSSR count).